The van der Waals surface area contributed by atoms with Gasteiger partial charge in [0, 0.05) is 32.8 Å². The lowest BCUT2D eigenvalue weighted by atomic mass is 9.94. The van der Waals surface area contributed by atoms with Crippen LogP contribution in [0.5, 0.6) is 0 Å². The maximum atomic E-state index is 12.3. The van der Waals surface area contributed by atoms with Gasteiger partial charge in [0.25, 0.3) is 0 Å². The van der Waals surface area contributed by atoms with E-state index < -0.39 is 0 Å². The second-order valence-corrected chi connectivity index (χ2v) is 8.77. The standard InChI is InChI=1S/C26H34N2O2.ClH/c1-20-4-3-14-27(20)15-11-21-5-7-22(8-6-21)23-9-10-25-19-28(16-12-24(25)18-23)26(29)13-17-30-2;/h5-10,18,20H,3-4,11-17,19H2,1-2H3;1H/t20-;/m1./s1. The molecular formula is C26H35ClN2O2. The van der Waals surface area contributed by atoms with Crippen molar-refractivity contribution in [1.29, 1.82) is 0 Å². The fraction of sp³-hybridized carbons (Fsp3) is 0.500. The lowest BCUT2D eigenvalue weighted by molar-refractivity contribution is -0.133. The van der Waals surface area contributed by atoms with Crippen LogP contribution < -0.4 is 0 Å². The zero-order chi connectivity index (χ0) is 20.9. The molecule has 0 unspecified atom stereocenters. The lowest BCUT2D eigenvalue weighted by Gasteiger charge is -2.29. The molecular weight excluding hydrogens is 408 g/mol. The SMILES string of the molecule is COCCC(=O)N1CCc2cc(-c3ccc(CCN4CCC[C@H]4C)cc3)ccc2C1.Cl. The van der Waals surface area contributed by atoms with Gasteiger partial charge in [0.1, 0.15) is 0 Å². The molecule has 1 amide bonds. The summed E-state index contributed by atoms with van der Waals surface area (Å²) in [5.74, 6) is 0.186. The number of fused-ring (bicyclic) bond motifs is 1. The topological polar surface area (TPSA) is 32.8 Å². The number of halogens is 1. The van der Waals surface area contributed by atoms with Crippen molar-refractivity contribution >= 4 is 18.3 Å². The largest absolute Gasteiger partial charge is 0.384 e. The van der Waals surface area contributed by atoms with E-state index in [0.717, 1.165) is 25.4 Å². The summed E-state index contributed by atoms with van der Waals surface area (Å²) < 4.78 is 5.04. The van der Waals surface area contributed by atoms with Gasteiger partial charge in [0.15, 0.2) is 0 Å². The van der Waals surface area contributed by atoms with Crippen molar-refractivity contribution in [3.05, 3.63) is 59.2 Å². The summed E-state index contributed by atoms with van der Waals surface area (Å²) in [5.41, 5.74) is 6.60. The number of nitrogens with zero attached hydrogens (tertiary/aromatic N) is 2. The second-order valence-electron chi connectivity index (χ2n) is 8.77. The van der Waals surface area contributed by atoms with Gasteiger partial charge in [-0.3, -0.25) is 4.79 Å². The second kappa shape index (κ2) is 11.1. The Hall–Kier alpha value is -1.88. The van der Waals surface area contributed by atoms with Gasteiger partial charge in [0.05, 0.1) is 13.0 Å². The third kappa shape index (κ3) is 5.88. The smallest absolute Gasteiger partial charge is 0.225 e. The lowest BCUT2D eigenvalue weighted by Crippen LogP contribution is -2.36. The summed E-state index contributed by atoms with van der Waals surface area (Å²) in [4.78, 5) is 16.9. The Bertz CT molecular complexity index is 868. The number of likely N-dealkylation sites (tertiary alicyclic amines) is 1. The number of carbonyl (C=O) groups is 1. The fourth-order valence-corrected chi connectivity index (χ4v) is 4.75. The van der Waals surface area contributed by atoms with Crippen LogP contribution in [0.4, 0.5) is 0 Å². The van der Waals surface area contributed by atoms with E-state index in [1.165, 1.54) is 53.7 Å². The number of amides is 1. The summed E-state index contributed by atoms with van der Waals surface area (Å²) in [6, 6.07) is 16.5. The van der Waals surface area contributed by atoms with Gasteiger partial charge < -0.3 is 14.5 Å². The first-order valence-corrected chi connectivity index (χ1v) is 11.4. The average Bonchev–Trinajstić information content (AvgIpc) is 3.20. The highest BCUT2D eigenvalue weighted by atomic mass is 35.5. The minimum atomic E-state index is 0. The Morgan fingerprint density at radius 3 is 2.55 bits per heavy atom. The highest BCUT2D eigenvalue weighted by Crippen LogP contribution is 2.27. The highest BCUT2D eigenvalue weighted by molar-refractivity contribution is 5.85. The molecule has 0 spiro atoms. The van der Waals surface area contributed by atoms with Crippen molar-refractivity contribution in [2.24, 2.45) is 0 Å². The molecule has 2 heterocycles. The molecule has 5 heteroatoms. The number of hydrogen-bond acceptors (Lipinski definition) is 3. The van der Waals surface area contributed by atoms with Gasteiger partial charge in [-0.05, 0) is 67.0 Å². The first-order valence-electron chi connectivity index (χ1n) is 11.4. The van der Waals surface area contributed by atoms with E-state index in [1.54, 1.807) is 7.11 Å². The molecule has 0 bridgehead atoms. The normalized spacial score (nSPS) is 18.5. The third-order valence-electron chi connectivity index (χ3n) is 6.76. The minimum absolute atomic E-state index is 0. The summed E-state index contributed by atoms with van der Waals surface area (Å²) in [6.07, 6.45) is 5.20. The van der Waals surface area contributed by atoms with E-state index in [1.807, 2.05) is 4.90 Å². The van der Waals surface area contributed by atoms with Crippen LogP contribution >= 0.6 is 12.4 Å². The number of benzene rings is 2. The summed E-state index contributed by atoms with van der Waals surface area (Å²) in [7, 11) is 1.64. The maximum Gasteiger partial charge on any atom is 0.225 e. The molecule has 0 saturated carbocycles. The number of ether oxygens (including phenoxy) is 1. The van der Waals surface area contributed by atoms with E-state index in [2.05, 4.69) is 54.3 Å². The molecule has 168 valence electrons. The molecule has 0 aliphatic carbocycles. The molecule has 2 aromatic carbocycles. The predicted molar refractivity (Wildman–Crippen MR) is 129 cm³/mol. The molecule has 4 nitrogen and oxygen atoms in total. The van der Waals surface area contributed by atoms with Gasteiger partial charge in [-0.25, -0.2) is 0 Å². The van der Waals surface area contributed by atoms with Crippen LogP contribution in [0.1, 0.15) is 42.9 Å². The molecule has 31 heavy (non-hydrogen) atoms. The van der Waals surface area contributed by atoms with Crippen molar-refractivity contribution < 1.29 is 9.53 Å². The predicted octanol–water partition coefficient (Wildman–Crippen LogP) is 4.72. The Kier molecular flexibility index (Phi) is 8.53. The van der Waals surface area contributed by atoms with E-state index in [9.17, 15) is 4.79 Å². The summed E-state index contributed by atoms with van der Waals surface area (Å²) >= 11 is 0. The number of hydrogen-bond donors (Lipinski definition) is 0. The van der Waals surface area contributed by atoms with Crippen LogP contribution in [0.2, 0.25) is 0 Å². The van der Waals surface area contributed by atoms with E-state index >= 15 is 0 Å². The first-order chi connectivity index (χ1) is 14.6. The van der Waals surface area contributed by atoms with Gasteiger partial charge in [0.2, 0.25) is 5.91 Å². The molecule has 0 N–H and O–H groups in total. The molecule has 2 aliphatic rings. The quantitative estimate of drug-likeness (QED) is 0.621. The molecule has 0 aromatic heterocycles. The zero-order valence-electron chi connectivity index (χ0n) is 18.8. The van der Waals surface area contributed by atoms with Gasteiger partial charge in [-0.1, -0.05) is 42.5 Å². The van der Waals surface area contributed by atoms with E-state index in [4.69, 9.17) is 4.74 Å². The van der Waals surface area contributed by atoms with E-state index in [-0.39, 0.29) is 18.3 Å². The van der Waals surface area contributed by atoms with Crippen molar-refractivity contribution in [1.82, 2.24) is 9.80 Å². The van der Waals surface area contributed by atoms with Crippen LogP contribution in [0, 0.1) is 0 Å². The van der Waals surface area contributed by atoms with E-state index in [0.29, 0.717) is 19.6 Å². The molecule has 2 aromatic rings. The molecule has 4 rings (SSSR count). The minimum Gasteiger partial charge on any atom is -0.384 e. The molecule has 1 fully saturated rings. The van der Waals surface area contributed by atoms with Crippen molar-refractivity contribution in [2.75, 3.05) is 33.4 Å². The van der Waals surface area contributed by atoms with Crippen molar-refractivity contribution in [3.8, 4) is 11.1 Å². The fourth-order valence-electron chi connectivity index (χ4n) is 4.75. The monoisotopic (exact) mass is 442 g/mol. The first kappa shape index (κ1) is 23.8. The zero-order valence-corrected chi connectivity index (χ0v) is 19.6. The molecule has 1 saturated heterocycles. The summed E-state index contributed by atoms with van der Waals surface area (Å²) in [5, 5.41) is 0. The van der Waals surface area contributed by atoms with Crippen molar-refractivity contribution in [2.45, 2.75) is 51.6 Å². The summed E-state index contributed by atoms with van der Waals surface area (Å²) in [6.45, 7) is 6.77. The molecule has 1 atom stereocenters. The van der Waals surface area contributed by atoms with Gasteiger partial charge in [-0.15, -0.1) is 12.4 Å². The van der Waals surface area contributed by atoms with Gasteiger partial charge in [-0.2, -0.15) is 0 Å². The van der Waals surface area contributed by atoms with Crippen LogP contribution in [-0.4, -0.2) is 55.1 Å². The average molecular weight is 443 g/mol. The van der Waals surface area contributed by atoms with Crippen molar-refractivity contribution in [3.63, 3.8) is 0 Å². The Morgan fingerprint density at radius 1 is 1.06 bits per heavy atom. The highest BCUT2D eigenvalue weighted by Gasteiger charge is 2.21. The Labute approximate surface area is 193 Å². The number of carbonyl (C=O) groups excluding carboxylic acids is 1. The van der Waals surface area contributed by atoms with Crippen LogP contribution in [0.25, 0.3) is 11.1 Å². The molecule has 2 aliphatic heterocycles. The van der Waals surface area contributed by atoms with Crippen LogP contribution in [0.3, 0.4) is 0 Å². The van der Waals surface area contributed by atoms with Crippen LogP contribution in [0.15, 0.2) is 42.5 Å². The van der Waals surface area contributed by atoms with Crippen LogP contribution in [-0.2, 0) is 28.9 Å². The Morgan fingerprint density at radius 2 is 1.84 bits per heavy atom. The maximum absolute atomic E-state index is 12.3. The molecule has 0 radical (unpaired) electrons. The third-order valence-corrected chi connectivity index (χ3v) is 6.76. The Balaban J connectivity index is 0.00000272. The number of rotatable bonds is 7. The van der Waals surface area contributed by atoms with Gasteiger partial charge >= 0.3 is 0 Å². The number of methoxy groups -OCH3 is 1.